The minimum Gasteiger partial charge on any atom is -0.384 e. The Bertz CT molecular complexity index is 641. The van der Waals surface area contributed by atoms with Crippen molar-refractivity contribution in [2.24, 2.45) is 5.73 Å². The fourth-order valence-corrected chi connectivity index (χ4v) is 2.84. The zero-order valence-electron chi connectivity index (χ0n) is 11.0. The zero-order valence-corrected chi connectivity index (χ0v) is 14.2. The van der Waals surface area contributed by atoms with Crippen molar-refractivity contribution in [2.45, 2.75) is 6.54 Å². The van der Waals surface area contributed by atoms with E-state index in [2.05, 4.69) is 48.9 Å². The smallest absolute Gasteiger partial charge is 0.124 e. The fraction of sp³-hybridized carbons (Fsp3) is 0.133. The normalized spacial score (nSPS) is 10.3. The number of nitrogens with one attached hydrogen (secondary N) is 1. The van der Waals surface area contributed by atoms with Gasteiger partial charge in [0.1, 0.15) is 5.84 Å². The molecule has 0 bridgehead atoms. The number of nitrogen functional groups attached to an aromatic ring is 1. The average Bonchev–Trinajstić information content (AvgIpc) is 2.38. The van der Waals surface area contributed by atoms with E-state index in [1.807, 2.05) is 37.4 Å². The second kappa shape index (κ2) is 6.41. The maximum Gasteiger partial charge on any atom is 0.124 e. The van der Waals surface area contributed by atoms with Crippen LogP contribution in [-0.2, 0) is 6.54 Å². The fourth-order valence-electron chi connectivity index (χ4n) is 2.04. The van der Waals surface area contributed by atoms with Crippen molar-refractivity contribution in [3.63, 3.8) is 0 Å². The molecule has 0 heterocycles. The van der Waals surface area contributed by atoms with Gasteiger partial charge in [-0.15, -0.1) is 0 Å². The minimum absolute atomic E-state index is 0.0774. The molecule has 0 aliphatic carbocycles. The first-order chi connectivity index (χ1) is 9.47. The highest BCUT2D eigenvalue weighted by molar-refractivity contribution is 9.10. The van der Waals surface area contributed by atoms with Gasteiger partial charge in [-0.3, -0.25) is 5.41 Å². The van der Waals surface area contributed by atoms with Crippen molar-refractivity contribution in [1.82, 2.24) is 0 Å². The number of amidine groups is 1. The van der Waals surface area contributed by atoms with Gasteiger partial charge in [0.25, 0.3) is 0 Å². The van der Waals surface area contributed by atoms with Crippen molar-refractivity contribution in [3.05, 3.63) is 62.5 Å². The van der Waals surface area contributed by atoms with Crippen LogP contribution in [0, 0.1) is 5.41 Å². The molecule has 0 saturated carbocycles. The van der Waals surface area contributed by atoms with Crippen LogP contribution in [0.5, 0.6) is 0 Å². The number of benzene rings is 2. The van der Waals surface area contributed by atoms with Gasteiger partial charge in [0.15, 0.2) is 0 Å². The minimum atomic E-state index is 0.0774. The van der Waals surface area contributed by atoms with Crippen LogP contribution in [0.25, 0.3) is 0 Å². The molecule has 2 rings (SSSR count). The second-order valence-corrected chi connectivity index (χ2v) is 6.39. The molecule has 2 aromatic rings. The van der Waals surface area contributed by atoms with Crippen molar-refractivity contribution >= 4 is 43.4 Å². The third-order valence-corrected chi connectivity index (χ3v) is 3.96. The monoisotopic (exact) mass is 395 g/mol. The molecule has 3 nitrogen and oxygen atoms in total. The number of hydrogen-bond donors (Lipinski definition) is 2. The molecule has 3 N–H and O–H groups in total. The molecule has 20 heavy (non-hydrogen) atoms. The van der Waals surface area contributed by atoms with Crippen LogP contribution in [-0.4, -0.2) is 12.9 Å². The van der Waals surface area contributed by atoms with E-state index < -0.39 is 0 Å². The van der Waals surface area contributed by atoms with E-state index in [-0.39, 0.29) is 5.84 Å². The summed E-state index contributed by atoms with van der Waals surface area (Å²) < 4.78 is 2.03. The number of rotatable bonds is 4. The predicted octanol–water partition coefficient (Wildman–Crippen LogP) is 4.13. The first kappa shape index (κ1) is 15.1. The van der Waals surface area contributed by atoms with Gasteiger partial charge in [0.05, 0.1) is 0 Å². The van der Waals surface area contributed by atoms with E-state index in [0.717, 1.165) is 26.7 Å². The maximum atomic E-state index is 7.68. The molecule has 2 aromatic carbocycles. The van der Waals surface area contributed by atoms with E-state index in [0.29, 0.717) is 0 Å². The van der Waals surface area contributed by atoms with Gasteiger partial charge in [-0.2, -0.15) is 0 Å². The van der Waals surface area contributed by atoms with E-state index >= 15 is 0 Å². The van der Waals surface area contributed by atoms with Crippen LogP contribution in [0.4, 0.5) is 5.69 Å². The molecule has 5 heteroatoms. The quantitative estimate of drug-likeness (QED) is 0.602. The summed E-state index contributed by atoms with van der Waals surface area (Å²) in [7, 11) is 2.00. The summed E-state index contributed by atoms with van der Waals surface area (Å²) in [6.07, 6.45) is 0. The third kappa shape index (κ3) is 3.61. The number of halogens is 2. The molecule has 0 aromatic heterocycles. The van der Waals surface area contributed by atoms with Gasteiger partial charge in [0, 0.05) is 33.8 Å². The highest BCUT2D eigenvalue weighted by Gasteiger charge is 2.11. The highest BCUT2D eigenvalue weighted by Crippen LogP contribution is 2.25. The van der Waals surface area contributed by atoms with Crippen molar-refractivity contribution in [1.29, 1.82) is 5.41 Å². The molecular formula is C15H15Br2N3. The molecule has 0 fully saturated rings. The molecule has 0 saturated heterocycles. The Hall–Kier alpha value is -1.33. The Morgan fingerprint density at radius 1 is 1.15 bits per heavy atom. The lowest BCUT2D eigenvalue weighted by Gasteiger charge is -2.22. The first-order valence-electron chi connectivity index (χ1n) is 6.07. The highest BCUT2D eigenvalue weighted by atomic mass is 79.9. The molecule has 104 valence electrons. The van der Waals surface area contributed by atoms with E-state index in [9.17, 15) is 0 Å². The summed E-state index contributed by atoms with van der Waals surface area (Å²) in [5, 5.41) is 7.68. The Balaban J connectivity index is 2.31. The second-order valence-electron chi connectivity index (χ2n) is 4.56. The first-order valence-corrected chi connectivity index (χ1v) is 7.65. The lowest BCUT2D eigenvalue weighted by molar-refractivity contribution is 0.920. The molecule has 0 spiro atoms. The van der Waals surface area contributed by atoms with Gasteiger partial charge >= 0.3 is 0 Å². The lowest BCUT2D eigenvalue weighted by Crippen LogP contribution is -2.22. The number of nitrogens with zero attached hydrogens (tertiary/aromatic N) is 1. The molecular weight excluding hydrogens is 382 g/mol. The van der Waals surface area contributed by atoms with E-state index in [1.54, 1.807) is 0 Å². The number of nitrogens with two attached hydrogens (primary N) is 1. The van der Waals surface area contributed by atoms with Crippen molar-refractivity contribution in [2.75, 3.05) is 11.9 Å². The lowest BCUT2D eigenvalue weighted by atomic mass is 10.1. The van der Waals surface area contributed by atoms with Gasteiger partial charge in [-0.05, 0) is 35.9 Å². The summed E-state index contributed by atoms with van der Waals surface area (Å²) in [6.45, 7) is 0.746. The summed E-state index contributed by atoms with van der Waals surface area (Å²) >= 11 is 6.94. The maximum absolute atomic E-state index is 7.68. The number of hydrogen-bond acceptors (Lipinski definition) is 2. The Morgan fingerprint density at radius 2 is 1.85 bits per heavy atom. The van der Waals surface area contributed by atoms with Crippen LogP contribution in [0.3, 0.4) is 0 Å². The summed E-state index contributed by atoms with van der Waals surface area (Å²) in [5.41, 5.74) is 8.52. The Labute approximate surface area is 135 Å². The molecule has 0 atom stereocenters. The van der Waals surface area contributed by atoms with Gasteiger partial charge < -0.3 is 10.6 Å². The summed E-state index contributed by atoms with van der Waals surface area (Å²) in [6, 6.07) is 13.9. The van der Waals surface area contributed by atoms with Gasteiger partial charge in [0.2, 0.25) is 0 Å². The Morgan fingerprint density at radius 3 is 2.50 bits per heavy atom. The number of anilines is 1. The van der Waals surface area contributed by atoms with Gasteiger partial charge in [-0.25, -0.2) is 0 Å². The van der Waals surface area contributed by atoms with E-state index in [1.165, 1.54) is 5.56 Å². The van der Waals surface area contributed by atoms with Crippen LogP contribution in [0.15, 0.2) is 51.4 Å². The molecule has 0 aliphatic heterocycles. The third-order valence-electron chi connectivity index (χ3n) is 2.97. The predicted molar refractivity (Wildman–Crippen MR) is 91.4 cm³/mol. The summed E-state index contributed by atoms with van der Waals surface area (Å²) in [5.74, 6) is 0.0774. The molecule has 0 radical (unpaired) electrons. The largest absolute Gasteiger partial charge is 0.384 e. The average molecular weight is 397 g/mol. The van der Waals surface area contributed by atoms with Crippen LogP contribution < -0.4 is 10.6 Å². The van der Waals surface area contributed by atoms with Crippen molar-refractivity contribution < 1.29 is 0 Å². The molecule has 0 unspecified atom stereocenters. The SMILES string of the molecule is CN(Cc1cccc(Br)c1)c1cc(Br)ccc1C(=N)N. The van der Waals surface area contributed by atoms with E-state index in [4.69, 9.17) is 11.1 Å². The Kier molecular flexibility index (Phi) is 4.83. The summed E-state index contributed by atoms with van der Waals surface area (Å²) in [4.78, 5) is 2.09. The van der Waals surface area contributed by atoms with Crippen molar-refractivity contribution in [3.8, 4) is 0 Å². The van der Waals surface area contributed by atoms with Gasteiger partial charge in [-0.1, -0.05) is 44.0 Å². The van der Waals surface area contributed by atoms with Crippen LogP contribution in [0.1, 0.15) is 11.1 Å². The zero-order chi connectivity index (χ0) is 14.7. The standard InChI is InChI=1S/C15H15Br2N3/c1-20(9-10-3-2-4-11(16)7-10)14-8-12(17)5-6-13(14)15(18)19/h2-8H,9H2,1H3,(H3,18,19). The molecule has 0 aliphatic rings. The topological polar surface area (TPSA) is 53.1 Å². The molecule has 0 amide bonds. The van der Waals surface area contributed by atoms with Crippen LogP contribution in [0.2, 0.25) is 0 Å². The van der Waals surface area contributed by atoms with Crippen LogP contribution >= 0.6 is 31.9 Å².